The third-order valence-electron chi connectivity index (χ3n) is 3.14. The molecule has 0 spiro atoms. The number of aromatic nitrogens is 3. The molecule has 2 rings (SSSR count). The maximum atomic E-state index is 11.8. The number of nitrogens with zero attached hydrogens (tertiary/aromatic N) is 3. The molecule has 5 heteroatoms. The number of benzene rings is 1. The van der Waals surface area contributed by atoms with E-state index in [1.54, 1.807) is 11.6 Å². The van der Waals surface area contributed by atoms with Gasteiger partial charge >= 0.3 is 5.97 Å². The van der Waals surface area contributed by atoms with Gasteiger partial charge in [0, 0.05) is 5.92 Å². The number of rotatable bonds is 5. The van der Waals surface area contributed by atoms with E-state index in [1.807, 2.05) is 30.3 Å². The maximum Gasteiger partial charge on any atom is 0.378 e. The average molecular weight is 273 g/mol. The molecule has 5 nitrogen and oxygen atoms in total. The van der Waals surface area contributed by atoms with Gasteiger partial charge in [0.1, 0.15) is 5.82 Å². The van der Waals surface area contributed by atoms with Gasteiger partial charge in [-0.05, 0) is 25.5 Å². The van der Waals surface area contributed by atoms with Crippen LogP contribution in [0.4, 0.5) is 0 Å². The second kappa shape index (κ2) is 6.32. The Kier molecular flexibility index (Phi) is 4.50. The SMILES string of the molecule is CCOC(=O)c1nc(C(C)CC)n(-c2ccccc2)n1. The van der Waals surface area contributed by atoms with Crippen LogP contribution in [0.3, 0.4) is 0 Å². The largest absolute Gasteiger partial charge is 0.460 e. The first-order valence-electron chi connectivity index (χ1n) is 6.86. The second-order valence-electron chi connectivity index (χ2n) is 4.57. The summed E-state index contributed by atoms with van der Waals surface area (Å²) < 4.78 is 6.69. The fourth-order valence-electron chi connectivity index (χ4n) is 1.87. The van der Waals surface area contributed by atoms with Crippen molar-refractivity contribution in [1.29, 1.82) is 0 Å². The fourth-order valence-corrected chi connectivity index (χ4v) is 1.87. The summed E-state index contributed by atoms with van der Waals surface area (Å²) in [7, 11) is 0. The summed E-state index contributed by atoms with van der Waals surface area (Å²) in [5.41, 5.74) is 0.894. The van der Waals surface area contributed by atoms with E-state index in [9.17, 15) is 4.79 Å². The number of esters is 1. The Morgan fingerprint density at radius 3 is 2.60 bits per heavy atom. The van der Waals surface area contributed by atoms with Crippen LogP contribution in [0.15, 0.2) is 30.3 Å². The highest BCUT2D eigenvalue weighted by Crippen LogP contribution is 2.20. The number of ether oxygens (including phenoxy) is 1. The van der Waals surface area contributed by atoms with Crippen molar-refractivity contribution < 1.29 is 9.53 Å². The van der Waals surface area contributed by atoms with Gasteiger partial charge in [0.25, 0.3) is 5.82 Å². The minimum Gasteiger partial charge on any atom is -0.460 e. The van der Waals surface area contributed by atoms with Gasteiger partial charge in [0.15, 0.2) is 0 Å². The molecule has 0 fully saturated rings. The minimum atomic E-state index is -0.480. The molecule has 1 heterocycles. The number of carbonyl (C=O) groups is 1. The van der Waals surface area contributed by atoms with Crippen molar-refractivity contribution >= 4 is 5.97 Å². The summed E-state index contributed by atoms with van der Waals surface area (Å²) in [6.07, 6.45) is 0.924. The number of para-hydroxylation sites is 1. The van der Waals surface area contributed by atoms with Crippen molar-refractivity contribution in [1.82, 2.24) is 14.8 Å². The minimum absolute atomic E-state index is 0.117. The molecule has 106 valence electrons. The van der Waals surface area contributed by atoms with E-state index >= 15 is 0 Å². The predicted octanol–water partition coefficient (Wildman–Crippen LogP) is 2.96. The van der Waals surface area contributed by atoms with Crippen LogP contribution in [-0.2, 0) is 4.74 Å². The van der Waals surface area contributed by atoms with Gasteiger partial charge < -0.3 is 4.74 Å². The van der Waals surface area contributed by atoms with Crippen LogP contribution in [0.2, 0.25) is 0 Å². The Bertz CT molecular complexity index is 578. The zero-order chi connectivity index (χ0) is 14.5. The molecule has 0 saturated carbocycles. The summed E-state index contributed by atoms with van der Waals surface area (Å²) in [6.45, 7) is 6.23. The average Bonchev–Trinajstić information content (AvgIpc) is 2.93. The predicted molar refractivity (Wildman–Crippen MR) is 76.0 cm³/mol. The monoisotopic (exact) mass is 273 g/mol. The fraction of sp³-hybridized carbons (Fsp3) is 0.400. The van der Waals surface area contributed by atoms with Crippen LogP contribution in [-0.4, -0.2) is 27.3 Å². The first-order valence-corrected chi connectivity index (χ1v) is 6.86. The zero-order valence-electron chi connectivity index (χ0n) is 12.0. The van der Waals surface area contributed by atoms with E-state index in [-0.39, 0.29) is 11.7 Å². The molecule has 1 atom stereocenters. The molecule has 1 unspecified atom stereocenters. The maximum absolute atomic E-state index is 11.8. The molecule has 0 aliphatic carbocycles. The Balaban J connectivity index is 2.46. The molecule has 1 aromatic heterocycles. The van der Waals surface area contributed by atoms with Gasteiger partial charge in [-0.3, -0.25) is 0 Å². The van der Waals surface area contributed by atoms with E-state index in [1.165, 1.54) is 0 Å². The Hall–Kier alpha value is -2.17. The van der Waals surface area contributed by atoms with E-state index in [0.717, 1.165) is 17.9 Å². The van der Waals surface area contributed by atoms with Crippen molar-refractivity contribution in [3.8, 4) is 5.69 Å². The van der Waals surface area contributed by atoms with Crippen LogP contribution >= 0.6 is 0 Å². The van der Waals surface area contributed by atoms with Gasteiger partial charge in [-0.15, -0.1) is 5.10 Å². The first-order chi connectivity index (χ1) is 9.67. The van der Waals surface area contributed by atoms with Crippen LogP contribution in [0, 0.1) is 0 Å². The highest BCUT2D eigenvalue weighted by Gasteiger charge is 2.21. The standard InChI is InChI=1S/C15H19N3O2/c1-4-11(3)14-16-13(15(19)20-5-2)17-18(14)12-9-7-6-8-10-12/h6-11H,4-5H2,1-3H3. The molecule has 0 aliphatic heterocycles. The van der Waals surface area contributed by atoms with Gasteiger partial charge in [-0.25, -0.2) is 14.5 Å². The molecule has 0 bridgehead atoms. The van der Waals surface area contributed by atoms with Crippen molar-refractivity contribution in [3.63, 3.8) is 0 Å². The van der Waals surface area contributed by atoms with Crippen molar-refractivity contribution in [3.05, 3.63) is 42.0 Å². The Morgan fingerprint density at radius 2 is 2.00 bits per heavy atom. The number of hydrogen-bond donors (Lipinski definition) is 0. The smallest absolute Gasteiger partial charge is 0.378 e. The summed E-state index contributed by atoms with van der Waals surface area (Å²) in [6, 6.07) is 9.68. The van der Waals surface area contributed by atoms with E-state index < -0.39 is 5.97 Å². The van der Waals surface area contributed by atoms with Crippen LogP contribution in [0.5, 0.6) is 0 Å². The molecule has 20 heavy (non-hydrogen) atoms. The lowest BCUT2D eigenvalue weighted by atomic mass is 10.1. The van der Waals surface area contributed by atoms with Gasteiger partial charge in [-0.2, -0.15) is 0 Å². The Labute approximate surface area is 118 Å². The molecule has 0 saturated heterocycles. The molecule has 0 radical (unpaired) electrons. The highest BCUT2D eigenvalue weighted by atomic mass is 16.5. The van der Waals surface area contributed by atoms with Gasteiger partial charge in [0.2, 0.25) is 0 Å². The molecular weight excluding hydrogens is 254 g/mol. The lowest BCUT2D eigenvalue weighted by molar-refractivity contribution is 0.0512. The first kappa shape index (κ1) is 14.2. The lowest BCUT2D eigenvalue weighted by Gasteiger charge is -2.09. The Morgan fingerprint density at radius 1 is 1.30 bits per heavy atom. The topological polar surface area (TPSA) is 57.0 Å². The molecule has 0 aliphatic rings. The quantitative estimate of drug-likeness (QED) is 0.786. The van der Waals surface area contributed by atoms with Crippen LogP contribution in [0.25, 0.3) is 5.69 Å². The third kappa shape index (κ3) is 2.87. The lowest BCUT2D eigenvalue weighted by Crippen LogP contribution is -2.07. The number of hydrogen-bond acceptors (Lipinski definition) is 4. The normalized spacial score (nSPS) is 12.2. The van der Waals surface area contributed by atoms with Gasteiger partial charge in [0.05, 0.1) is 12.3 Å². The van der Waals surface area contributed by atoms with Gasteiger partial charge in [-0.1, -0.05) is 32.0 Å². The molecule has 2 aromatic rings. The van der Waals surface area contributed by atoms with E-state index in [4.69, 9.17) is 4.74 Å². The summed E-state index contributed by atoms with van der Waals surface area (Å²) in [5.74, 6) is 0.630. The highest BCUT2D eigenvalue weighted by molar-refractivity contribution is 5.85. The van der Waals surface area contributed by atoms with E-state index in [0.29, 0.717) is 6.61 Å². The molecular formula is C15H19N3O2. The van der Waals surface area contributed by atoms with Crippen molar-refractivity contribution in [2.75, 3.05) is 6.61 Å². The third-order valence-corrected chi connectivity index (χ3v) is 3.14. The molecule has 0 amide bonds. The second-order valence-corrected chi connectivity index (χ2v) is 4.57. The summed E-state index contributed by atoms with van der Waals surface area (Å²) in [4.78, 5) is 16.1. The van der Waals surface area contributed by atoms with Crippen molar-refractivity contribution in [2.45, 2.75) is 33.1 Å². The molecule has 1 aromatic carbocycles. The summed E-state index contributed by atoms with van der Waals surface area (Å²) in [5, 5.41) is 4.30. The van der Waals surface area contributed by atoms with Crippen molar-refractivity contribution in [2.24, 2.45) is 0 Å². The van der Waals surface area contributed by atoms with Crippen LogP contribution < -0.4 is 0 Å². The zero-order valence-corrected chi connectivity index (χ0v) is 12.0. The summed E-state index contributed by atoms with van der Waals surface area (Å²) >= 11 is 0. The number of carbonyl (C=O) groups excluding carboxylic acids is 1. The van der Waals surface area contributed by atoms with E-state index in [2.05, 4.69) is 23.9 Å². The molecule has 0 N–H and O–H groups in total. The van der Waals surface area contributed by atoms with Crippen LogP contribution in [0.1, 0.15) is 49.6 Å².